The molecule has 0 unspecified atom stereocenters. The number of carbonyl (C=O) groups excluding carboxylic acids is 1. The van der Waals surface area contributed by atoms with Gasteiger partial charge in [0.15, 0.2) is 0 Å². The highest BCUT2D eigenvalue weighted by Gasteiger charge is 2.14. The lowest BCUT2D eigenvalue weighted by Crippen LogP contribution is -2.13. The van der Waals surface area contributed by atoms with E-state index in [2.05, 4.69) is 10.0 Å². The molecule has 0 aliphatic rings. The number of carbonyl (C=O) groups is 1. The third kappa shape index (κ3) is 6.02. The van der Waals surface area contributed by atoms with Gasteiger partial charge >= 0.3 is 0 Å². The molecular weight excluding hydrogens is 430 g/mol. The second kappa shape index (κ2) is 9.44. The number of non-ortho nitro benzene ring substituents is 1. The van der Waals surface area contributed by atoms with Crippen LogP contribution in [0.5, 0.6) is 0 Å². The lowest BCUT2D eigenvalue weighted by atomic mass is 10.1. The minimum Gasteiger partial charge on any atom is -0.323 e. The van der Waals surface area contributed by atoms with Gasteiger partial charge in [0.25, 0.3) is 15.7 Å². The van der Waals surface area contributed by atoms with Crippen molar-refractivity contribution in [3.8, 4) is 0 Å². The number of nitrogens with one attached hydrogen (secondary N) is 2. The summed E-state index contributed by atoms with van der Waals surface area (Å²) in [6.45, 7) is 3.77. The number of hydrogen-bond acceptors (Lipinski definition) is 5. The van der Waals surface area contributed by atoms with Gasteiger partial charge in [0.1, 0.15) is 0 Å². The monoisotopic (exact) mass is 451 g/mol. The predicted molar refractivity (Wildman–Crippen MR) is 124 cm³/mol. The van der Waals surface area contributed by atoms with Gasteiger partial charge in [0.05, 0.1) is 9.82 Å². The summed E-state index contributed by atoms with van der Waals surface area (Å²) in [5.41, 5.74) is 3.21. The first kappa shape index (κ1) is 22.7. The number of rotatable bonds is 7. The summed E-state index contributed by atoms with van der Waals surface area (Å²) in [4.78, 5) is 22.5. The highest BCUT2D eigenvalue weighted by atomic mass is 32.2. The van der Waals surface area contributed by atoms with Crippen molar-refractivity contribution in [1.82, 2.24) is 0 Å². The number of amides is 1. The lowest BCUT2D eigenvalue weighted by Gasteiger charge is -2.10. The summed E-state index contributed by atoms with van der Waals surface area (Å²) in [6.07, 6.45) is 2.69. The van der Waals surface area contributed by atoms with Gasteiger partial charge in [-0.15, -0.1) is 0 Å². The van der Waals surface area contributed by atoms with Crippen LogP contribution in [0.25, 0.3) is 6.08 Å². The van der Waals surface area contributed by atoms with E-state index in [1.54, 1.807) is 18.2 Å². The summed E-state index contributed by atoms with van der Waals surface area (Å²) in [7, 11) is -3.78. The summed E-state index contributed by atoms with van der Waals surface area (Å²) in [6, 6.07) is 17.1. The van der Waals surface area contributed by atoms with E-state index >= 15 is 0 Å². The van der Waals surface area contributed by atoms with Crippen LogP contribution in [0.3, 0.4) is 0 Å². The van der Waals surface area contributed by atoms with Crippen LogP contribution in [0, 0.1) is 24.0 Å². The summed E-state index contributed by atoms with van der Waals surface area (Å²) in [5.74, 6) is -0.458. The number of hydrogen-bond donors (Lipinski definition) is 2. The fraction of sp³-hybridized carbons (Fsp3) is 0.0870. The van der Waals surface area contributed by atoms with Gasteiger partial charge in [-0.05, 0) is 73.0 Å². The maximum absolute atomic E-state index is 12.6. The second-order valence-corrected chi connectivity index (χ2v) is 8.86. The van der Waals surface area contributed by atoms with Gasteiger partial charge in [0.2, 0.25) is 5.91 Å². The Balaban J connectivity index is 1.66. The molecule has 3 aromatic carbocycles. The van der Waals surface area contributed by atoms with Crippen molar-refractivity contribution in [3.63, 3.8) is 0 Å². The molecule has 2 N–H and O–H groups in total. The zero-order valence-corrected chi connectivity index (χ0v) is 18.2. The minimum atomic E-state index is -3.78. The van der Waals surface area contributed by atoms with Crippen LogP contribution in [0.2, 0.25) is 0 Å². The maximum atomic E-state index is 12.6. The van der Waals surface area contributed by atoms with Crippen LogP contribution in [0.1, 0.15) is 16.7 Å². The van der Waals surface area contributed by atoms with E-state index in [-0.39, 0.29) is 10.6 Å². The van der Waals surface area contributed by atoms with Crippen LogP contribution >= 0.6 is 0 Å². The van der Waals surface area contributed by atoms with Crippen LogP contribution in [-0.4, -0.2) is 19.2 Å². The molecule has 0 fully saturated rings. The molecule has 164 valence electrons. The van der Waals surface area contributed by atoms with E-state index in [1.807, 2.05) is 19.9 Å². The zero-order chi connectivity index (χ0) is 23.3. The molecule has 0 saturated heterocycles. The van der Waals surface area contributed by atoms with Gasteiger partial charge < -0.3 is 5.32 Å². The number of aryl methyl sites for hydroxylation is 2. The summed E-state index contributed by atoms with van der Waals surface area (Å²) >= 11 is 0. The maximum Gasteiger partial charge on any atom is 0.270 e. The van der Waals surface area contributed by atoms with Crippen LogP contribution in [0.4, 0.5) is 17.1 Å². The van der Waals surface area contributed by atoms with Crippen molar-refractivity contribution >= 4 is 39.1 Å². The lowest BCUT2D eigenvalue weighted by molar-refractivity contribution is -0.384. The summed E-state index contributed by atoms with van der Waals surface area (Å²) in [5, 5.41) is 13.4. The first-order valence-corrected chi connectivity index (χ1v) is 11.1. The predicted octanol–water partition coefficient (Wildman–Crippen LogP) is 4.66. The number of nitrogens with zero attached hydrogens (tertiary/aromatic N) is 1. The number of nitro benzene ring substituents is 1. The molecule has 3 aromatic rings. The van der Waals surface area contributed by atoms with Crippen molar-refractivity contribution in [1.29, 1.82) is 0 Å². The normalized spacial score (nSPS) is 11.3. The largest absolute Gasteiger partial charge is 0.323 e. The second-order valence-electron chi connectivity index (χ2n) is 7.18. The average Bonchev–Trinajstić information content (AvgIpc) is 2.72. The SMILES string of the molecule is Cc1cc(C)cc(NS(=O)(=O)c2ccc(NC(=O)/C=C/c3cccc([N+](=O)[O-])c3)cc2)c1. The molecule has 0 spiro atoms. The van der Waals surface area contributed by atoms with E-state index in [9.17, 15) is 23.3 Å². The van der Waals surface area contributed by atoms with E-state index in [0.29, 0.717) is 16.9 Å². The highest BCUT2D eigenvalue weighted by molar-refractivity contribution is 7.92. The van der Waals surface area contributed by atoms with E-state index in [0.717, 1.165) is 11.1 Å². The summed E-state index contributed by atoms with van der Waals surface area (Å²) < 4.78 is 27.8. The molecule has 3 rings (SSSR count). The first-order valence-electron chi connectivity index (χ1n) is 9.57. The molecule has 0 aromatic heterocycles. The Morgan fingerprint density at radius 3 is 2.22 bits per heavy atom. The molecule has 0 heterocycles. The molecule has 0 radical (unpaired) electrons. The fourth-order valence-electron chi connectivity index (χ4n) is 3.06. The minimum absolute atomic E-state index is 0.0572. The Hall–Kier alpha value is -3.98. The van der Waals surface area contributed by atoms with Crippen LogP contribution in [-0.2, 0) is 14.8 Å². The Morgan fingerprint density at radius 1 is 0.938 bits per heavy atom. The van der Waals surface area contributed by atoms with Crippen LogP contribution in [0.15, 0.2) is 77.7 Å². The van der Waals surface area contributed by atoms with Crippen molar-refractivity contribution in [2.75, 3.05) is 10.0 Å². The van der Waals surface area contributed by atoms with Gasteiger partial charge in [-0.1, -0.05) is 18.2 Å². The molecular formula is C23H21N3O5S. The van der Waals surface area contributed by atoms with Crippen LogP contribution < -0.4 is 10.0 Å². The highest BCUT2D eigenvalue weighted by Crippen LogP contribution is 2.20. The number of benzene rings is 3. The van der Waals surface area contributed by atoms with E-state index < -0.39 is 20.9 Å². The molecule has 0 aliphatic carbocycles. The topological polar surface area (TPSA) is 118 Å². The molecule has 9 heteroatoms. The van der Waals surface area contributed by atoms with Gasteiger partial charge in [-0.25, -0.2) is 8.42 Å². The molecule has 8 nitrogen and oxygen atoms in total. The molecule has 32 heavy (non-hydrogen) atoms. The van der Waals surface area contributed by atoms with Crippen molar-refractivity contribution in [2.45, 2.75) is 18.7 Å². The van der Waals surface area contributed by atoms with Gasteiger partial charge in [-0.3, -0.25) is 19.6 Å². The Morgan fingerprint density at radius 2 is 1.59 bits per heavy atom. The third-order valence-electron chi connectivity index (χ3n) is 4.41. The standard InChI is InChI=1S/C23H21N3O5S/c1-16-12-17(2)14-20(13-16)25-32(30,31)22-9-7-19(8-10-22)24-23(27)11-6-18-4-3-5-21(15-18)26(28)29/h3-15,25H,1-2H3,(H,24,27)/b11-6+. The molecule has 0 saturated carbocycles. The van der Waals surface area contributed by atoms with E-state index in [1.165, 1.54) is 54.6 Å². The first-order chi connectivity index (χ1) is 15.1. The molecule has 0 bridgehead atoms. The number of nitro groups is 1. The third-order valence-corrected chi connectivity index (χ3v) is 5.81. The smallest absolute Gasteiger partial charge is 0.270 e. The van der Waals surface area contributed by atoms with Gasteiger partial charge in [-0.2, -0.15) is 0 Å². The Labute approximate surface area is 185 Å². The molecule has 0 aliphatic heterocycles. The zero-order valence-electron chi connectivity index (χ0n) is 17.4. The number of anilines is 2. The van der Waals surface area contributed by atoms with E-state index in [4.69, 9.17) is 0 Å². The quantitative estimate of drug-likeness (QED) is 0.308. The van der Waals surface area contributed by atoms with Gasteiger partial charge in [0, 0.05) is 29.6 Å². The Bertz CT molecular complexity index is 1280. The molecule has 1 amide bonds. The average molecular weight is 452 g/mol. The van der Waals surface area contributed by atoms with Crippen molar-refractivity contribution in [3.05, 3.63) is 99.6 Å². The Kier molecular flexibility index (Phi) is 6.70. The van der Waals surface area contributed by atoms with Crippen molar-refractivity contribution < 1.29 is 18.1 Å². The molecule has 0 atom stereocenters. The van der Waals surface area contributed by atoms with Crippen molar-refractivity contribution in [2.24, 2.45) is 0 Å². The fourth-order valence-corrected chi connectivity index (χ4v) is 4.10. The number of sulfonamides is 1.